The highest BCUT2D eigenvalue weighted by Gasteiger charge is 2.24. The van der Waals surface area contributed by atoms with Crippen LogP contribution in [0.5, 0.6) is 0 Å². The van der Waals surface area contributed by atoms with Crippen LogP contribution in [0.25, 0.3) is 0 Å². The van der Waals surface area contributed by atoms with Gasteiger partial charge in [0.25, 0.3) is 0 Å². The largest absolute Gasteiger partial charge is 0.461 e. The lowest BCUT2D eigenvalue weighted by molar-refractivity contribution is -0.139. The van der Waals surface area contributed by atoms with E-state index in [-0.39, 0.29) is 18.3 Å². The Labute approximate surface area is 121 Å². The van der Waals surface area contributed by atoms with E-state index in [4.69, 9.17) is 21.5 Å². The van der Waals surface area contributed by atoms with E-state index in [0.717, 1.165) is 5.56 Å². The molecule has 1 aromatic rings. The molecule has 1 unspecified atom stereocenters. The lowest BCUT2D eigenvalue weighted by Crippen LogP contribution is -2.32. The Morgan fingerprint density at radius 1 is 1.50 bits per heavy atom. The van der Waals surface area contributed by atoms with Crippen molar-refractivity contribution in [1.29, 1.82) is 0 Å². The third-order valence-electron chi connectivity index (χ3n) is 2.95. The molecule has 0 saturated carbocycles. The number of benzene rings is 1. The molecule has 0 aliphatic carbocycles. The highest BCUT2D eigenvalue weighted by atomic mass is 35.5. The Morgan fingerprint density at radius 2 is 2.20 bits per heavy atom. The van der Waals surface area contributed by atoms with Gasteiger partial charge in [0.15, 0.2) is 0 Å². The van der Waals surface area contributed by atoms with E-state index in [0.29, 0.717) is 17.2 Å². The van der Waals surface area contributed by atoms with Crippen molar-refractivity contribution in [2.24, 2.45) is 5.16 Å². The van der Waals surface area contributed by atoms with Gasteiger partial charge in [-0.2, -0.15) is 0 Å². The summed E-state index contributed by atoms with van der Waals surface area (Å²) >= 11 is 5.86. The van der Waals surface area contributed by atoms with Gasteiger partial charge in [0.1, 0.15) is 5.70 Å². The van der Waals surface area contributed by atoms with Gasteiger partial charge in [-0.25, -0.2) is 4.79 Å². The van der Waals surface area contributed by atoms with Crippen molar-refractivity contribution in [3.63, 3.8) is 0 Å². The molecule has 0 amide bonds. The van der Waals surface area contributed by atoms with Crippen LogP contribution in [-0.2, 0) is 9.53 Å². The Balaban J connectivity index is 2.23. The first kappa shape index (κ1) is 14.4. The number of esters is 1. The summed E-state index contributed by atoms with van der Waals surface area (Å²) in [5.41, 5.74) is 1.66. The molecular formula is C14H15ClN2O3. The van der Waals surface area contributed by atoms with Crippen molar-refractivity contribution in [3.8, 4) is 0 Å². The van der Waals surface area contributed by atoms with Crippen LogP contribution in [0, 0.1) is 0 Å². The number of oxime groups is 1. The van der Waals surface area contributed by atoms with Gasteiger partial charge in [0, 0.05) is 11.4 Å². The van der Waals surface area contributed by atoms with Gasteiger partial charge in [-0.3, -0.25) is 0 Å². The lowest BCUT2D eigenvalue weighted by atomic mass is 9.97. The number of hydrogen-bond acceptors (Lipinski definition) is 5. The first-order valence-electron chi connectivity index (χ1n) is 6.25. The summed E-state index contributed by atoms with van der Waals surface area (Å²) in [6.45, 7) is 2.02. The molecule has 1 atom stereocenters. The molecule has 1 aromatic carbocycles. The smallest absolute Gasteiger partial charge is 0.354 e. The molecule has 0 bridgehead atoms. The molecular weight excluding hydrogens is 280 g/mol. The van der Waals surface area contributed by atoms with Crippen LogP contribution in [0.4, 0.5) is 0 Å². The molecule has 0 fully saturated rings. The van der Waals surface area contributed by atoms with Crippen LogP contribution in [0.3, 0.4) is 0 Å². The Kier molecular flexibility index (Phi) is 4.63. The summed E-state index contributed by atoms with van der Waals surface area (Å²) < 4.78 is 4.95. The van der Waals surface area contributed by atoms with Crippen molar-refractivity contribution in [2.75, 3.05) is 6.61 Å². The number of nitrogens with one attached hydrogen (secondary N) is 1. The normalized spacial score (nSPS) is 20.2. The van der Waals surface area contributed by atoms with Crippen LogP contribution in [0.2, 0.25) is 5.02 Å². The second kappa shape index (κ2) is 6.43. The van der Waals surface area contributed by atoms with Gasteiger partial charge >= 0.3 is 5.97 Å². The van der Waals surface area contributed by atoms with Crippen LogP contribution in [-0.4, -0.2) is 23.5 Å². The van der Waals surface area contributed by atoms with Crippen molar-refractivity contribution in [1.82, 2.24) is 5.32 Å². The van der Waals surface area contributed by atoms with Crippen molar-refractivity contribution in [2.45, 2.75) is 19.4 Å². The molecule has 1 aliphatic heterocycles. The van der Waals surface area contributed by atoms with Gasteiger partial charge in [0.05, 0.1) is 18.4 Å². The molecule has 0 radical (unpaired) electrons. The summed E-state index contributed by atoms with van der Waals surface area (Å²) in [4.78, 5) is 11.8. The first-order valence-corrected chi connectivity index (χ1v) is 6.63. The molecule has 1 aliphatic rings. The molecule has 2 rings (SSSR count). The predicted molar refractivity (Wildman–Crippen MR) is 75.9 cm³/mol. The fourth-order valence-electron chi connectivity index (χ4n) is 2.01. The summed E-state index contributed by atoms with van der Waals surface area (Å²) in [5, 5.41) is 15.9. The van der Waals surface area contributed by atoms with Crippen LogP contribution < -0.4 is 5.32 Å². The van der Waals surface area contributed by atoms with Gasteiger partial charge in [0.2, 0.25) is 0 Å². The van der Waals surface area contributed by atoms with Gasteiger partial charge in [-0.15, -0.1) is 0 Å². The summed E-state index contributed by atoms with van der Waals surface area (Å²) in [7, 11) is 0. The standard InChI is InChI=1S/C14H15ClN2O3/c1-2-20-14(18)13-8-11(17-19)7-12(16-13)9-3-5-10(15)6-4-9/h3-6,8,12,16,19H,2,7H2,1H3. The Bertz CT molecular complexity index is 552. The van der Waals surface area contributed by atoms with Gasteiger partial charge in [-0.1, -0.05) is 28.9 Å². The van der Waals surface area contributed by atoms with Crippen LogP contribution >= 0.6 is 11.6 Å². The fraction of sp³-hybridized carbons (Fsp3) is 0.286. The number of halogens is 1. The number of carbonyl (C=O) groups is 1. The third-order valence-corrected chi connectivity index (χ3v) is 3.20. The second-order valence-electron chi connectivity index (χ2n) is 4.32. The molecule has 0 aromatic heterocycles. The second-order valence-corrected chi connectivity index (χ2v) is 4.76. The van der Waals surface area contributed by atoms with Gasteiger partial charge in [-0.05, 0) is 30.7 Å². The molecule has 1 heterocycles. The Hall–Kier alpha value is -2.01. The quantitative estimate of drug-likeness (QED) is 0.511. The average Bonchev–Trinajstić information content (AvgIpc) is 2.47. The van der Waals surface area contributed by atoms with E-state index in [1.54, 1.807) is 19.1 Å². The molecule has 0 saturated heterocycles. The zero-order valence-electron chi connectivity index (χ0n) is 11.0. The van der Waals surface area contributed by atoms with Crippen LogP contribution in [0.15, 0.2) is 41.2 Å². The zero-order valence-corrected chi connectivity index (χ0v) is 11.7. The average molecular weight is 295 g/mol. The molecule has 5 nitrogen and oxygen atoms in total. The minimum atomic E-state index is -0.465. The summed E-state index contributed by atoms with van der Waals surface area (Å²) in [6, 6.07) is 7.11. The molecule has 6 heteroatoms. The van der Waals surface area contributed by atoms with Crippen molar-refractivity contribution >= 4 is 23.3 Å². The van der Waals surface area contributed by atoms with E-state index >= 15 is 0 Å². The molecule has 106 valence electrons. The minimum absolute atomic E-state index is 0.164. The molecule has 0 spiro atoms. The number of nitrogens with zero attached hydrogens (tertiary/aromatic N) is 1. The first-order chi connectivity index (χ1) is 9.63. The molecule has 20 heavy (non-hydrogen) atoms. The van der Waals surface area contributed by atoms with E-state index in [2.05, 4.69) is 10.5 Å². The van der Waals surface area contributed by atoms with Crippen molar-refractivity contribution in [3.05, 3.63) is 46.6 Å². The van der Waals surface area contributed by atoms with Gasteiger partial charge < -0.3 is 15.3 Å². The van der Waals surface area contributed by atoms with E-state index < -0.39 is 5.97 Å². The monoisotopic (exact) mass is 294 g/mol. The zero-order chi connectivity index (χ0) is 14.5. The maximum absolute atomic E-state index is 11.8. The summed E-state index contributed by atoms with van der Waals surface area (Å²) in [6.07, 6.45) is 1.96. The predicted octanol–water partition coefficient (Wildman–Crippen LogP) is 2.65. The maximum atomic E-state index is 11.8. The number of allylic oxidation sites excluding steroid dienone is 1. The van der Waals surface area contributed by atoms with E-state index in [1.807, 2.05) is 12.1 Å². The number of carbonyl (C=O) groups excluding carboxylic acids is 1. The minimum Gasteiger partial charge on any atom is -0.461 e. The highest BCUT2D eigenvalue weighted by Crippen LogP contribution is 2.24. The maximum Gasteiger partial charge on any atom is 0.354 e. The fourth-order valence-corrected chi connectivity index (χ4v) is 2.13. The SMILES string of the molecule is CCOC(=O)C1=CC(=NO)CC(c2ccc(Cl)cc2)N1. The molecule has 2 N–H and O–H groups in total. The third kappa shape index (κ3) is 3.30. The number of hydrogen-bond donors (Lipinski definition) is 2. The lowest BCUT2D eigenvalue weighted by Gasteiger charge is -2.25. The van der Waals surface area contributed by atoms with Crippen molar-refractivity contribution < 1.29 is 14.7 Å². The van der Waals surface area contributed by atoms with E-state index in [9.17, 15) is 4.79 Å². The Morgan fingerprint density at radius 3 is 2.80 bits per heavy atom. The van der Waals surface area contributed by atoms with Crippen LogP contribution in [0.1, 0.15) is 24.9 Å². The number of rotatable bonds is 3. The topological polar surface area (TPSA) is 70.9 Å². The summed E-state index contributed by atoms with van der Waals surface area (Å²) in [5.74, 6) is -0.465. The highest BCUT2D eigenvalue weighted by molar-refractivity contribution is 6.30. The van der Waals surface area contributed by atoms with E-state index in [1.165, 1.54) is 6.08 Å². The number of ether oxygens (including phenoxy) is 1.